The van der Waals surface area contributed by atoms with Gasteiger partial charge in [-0.3, -0.25) is 10.1 Å². The van der Waals surface area contributed by atoms with Crippen LogP contribution in [0, 0.1) is 0 Å². The minimum absolute atomic E-state index is 0.0967. The summed E-state index contributed by atoms with van der Waals surface area (Å²) in [6.07, 6.45) is 2.82. The van der Waals surface area contributed by atoms with Crippen LogP contribution in [-0.2, 0) is 17.6 Å². The lowest BCUT2D eigenvalue weighted by Crippen LogP contribution is -2.30. The number of aryl methyl sites for hydroxylation is 1. The van der Waals surface area contributed by atoms with E-state index in [1.807, 2.05) is 6.07 Å². The summed E-state index contributed by atoms with van der Waals surface area (Å²) in [5.74, 6) is -0.441. The number of hydrogen-bond acceptors (Lipinski definition) is 4. The van der Waals surface area contributed by atoms with Crippen molar-refractivity contribution in [1.82, 2.24) is 10.3 Å². The molecule has 0 bridgehead atoms. The molecule has 126 valence electrons. The van der Waals surface area contributed by atoms with E-state index in [2.05, 4.69) is 39.9 Å². The quantitative estimate of drug-likeness (QED) is 0.777. The van der Waals surface area contributed by atoms with Gasteiger partial charge in [-0.1, -0.05) is 30.3 Å². The number of benzene rings is 1. The minimum Gasteiger partial charge on any atom is -0.481 e. The fourth-order valence-corrected chi connectivity index (χ4v) is 3.95. The molecule has 2 aromatic rings. The SMILES string of the molecule is O=C(O)CCNC(=O)Nc1nc2c(s1)CC(c1ccccc1)CC2. The number of aromatic nitrogens is 1. The van der Waals surface area contributed by atoms with Crippen molar-refractivity contribution in [2.45, 2.75) is 31.6 Å². The summed E-state index contributed by atoms with van der Waals surface area (Å²) >= 11 is 1.50. The number of amides is 2. The Bertz CT molecular complexity index is 730. The van der Waals surface area contributed by atoms with Crippen molar-refractivity contribution in [3.05, 3.63) is 46.5 Å². The number of fused-ring (bicyclic) bond motifs is 1. The molecule has 0 radical (unpaired) electrons. The van der Waals surface area contributed by atoms with Crippen LogP contribution < -0.4 is 10.6 Å². The van der Waals surface area contributed by atoms with E-state index in [0.717, 1.165) is 25.0 Å². The van der Waals surface area contributed by atoms with E-state index in [0.29, 0.717) is 11.0 Å². The van der Waals surface area contributed by atoms with E-state index < -0.39 is 12.0 Å². The molecular weight excluding hydrogens is 326 g/mol. The van der Waals surface area contributed by atoms with E-state index in [-0.39, 0.29) is 13.0 Å². The molecule has 3 N–H and O–H groups in total. The molecule has 1 aromatic carbocycles. The summed E-state index contributed by atoms with van der Waals surface area (Å²) in [5, 5.41) is 14.3. The van der Waals surface area contributed by atoms with Gasteiger partial charge in [0.05, 0.1) is 12.1 Å². The molecule has 1 heterocycles. The third-order valence-electron chi connectivity index (χ3n) is 4.06. The Balaban J connectivity index is 1.59. The third kappa shape index (κ3) is 4.11. The first-order chi connectivity index (χ1) is 11.6. The Morgan fingerprint density at radius 2 is 2.08 bits per heavy atom. The Kier molecular flexibility index (Phi) is 5.10. The monoisotopic (exact) mass is 345 g/mol. The van der Waals surface area contributed by atoms with Gasteiger partial charge in [-0.2, -0.15) is 0 Å². The minimum atomic E-state index is -0.938. The Morgan fingerprint density at radius 3 is 2.83 bits per heavy atom. The molecule has 24 heavy (non-hydrogen) atoms. The number of carboxylic acids is 1. The van der Waals surface area contributed by atoms with Crippen LogP contribution in [-0.4, -0.2) is 28.6 Å². The maximum absolute atomic E-state index is 11.7. The number of anilines is 1. The third-order valence-corrected chi connectivity index (χ3v) is 5.09. The zero-order valence-electron chi connectivity index (χ0n) is 13.1. The maximum atomic E-state index is 11.7. The highest BCUT2D eigenvalue weighted by Crippen LogP contribution is 2.36. The van der Waals surface area contributed by atoms with Crippen LogP contribution in [0.25, 0.3) is 0 Å². The molecule has 2 amide bonds. The Labute approximate surface area is 143 Å². The molecular formula is C17H19N3O3S. The first kappa shape index (κ1) is 16.4. The van der Waals surface area contributed by atoms with Crippen LogP contribution >= 0.6 is 11.3 Å². The topological polar surface area (TPSA) is 91.3 Å². The first-order valence-electron chi connectivity index (χ1n) is 7.92. The number of rotatable bonds is 5. The lowest BCUT2D eigenvalue weighted by Gasteiger charge is -2.21. The average molecular weight is 345 g/mol. The van der Waals surface area contributed by atoms with Gasteiger partial charge in [0.15, 0.2) is 5.13 Å². The largest absolute Gasteiger partial charge is 0.481 e. The maximum Gasteiger partial charge on any atom is 0.321 e. The highest BCUT2D eigenvalue weighted by atomic mass is 32.1. The van der Waals surface area contributed by atoms with Crippen molar-refractivity contribution in [2.24, 2.45) is 0 Å². The number of carboxylic acid groups (broad SMARTS) is 1. The highest BCUT2D eigenvalue weighted by molar-refractivity contribution is 7.15. The number of thiazole rings is 1. The van der Waals surface area contributed by atoms with Crippen LogP contribution in [0.4, 0.5) is 9.93 Å². The normalized spacial score (nSPS) is 16.2. The molecule has 0 saturated carbocycles. The molecule has 0 spiro atoms. The molecule has 0 saturated heterocycles. The molecule has 0 fully saturated rings. The number of aliphatic carboxylic acids is 1. The molecule has 7 heteroatoms. The lowest BCUT2D eigenvalue weighted by molar-refractivity contribution is -0.136. The van der Waals surface area contributed by atoms with Crippen LogP contribution in [0.1, 0.15) is 34.9 Å². The summed E-state index contributed by atoms with van der Waals surface area (Å²) in [6.45, 7) is 0.0995. The van der Waals surface area contributed by atoms with Crippen LogP contribution in [0.15, 0.2) is 30.3 Å². The fraction of sp³-hybridized carbons (Fsp3) is 0.353. The predicted octanol–water partition coefficient (Wildman–Crippen LogP) is 3.01. The predicted molar refractivity (Wildman–Crippen MR) is 92.6 cm³/mol. The van der Waals surface area contributed by atoms with Crippen molar-refractivity contribution >= 4 is 28.5 Å². The Morgan fingerprint density at radius 1 is 1.29 bits per heavy atom. The summed E-state index contributed by atoms with van der Waals surface area (Å²) < 4.78 is 0. The smallest absolute Gasteiger partial charge is 0.321 e. The molecule has 1 aliphatic rings. The molecule has 3 rings (SSSR count). The van der Waals surface area contributed by atoms with Gasteiger partial charge in [0.1, 0.15) is 0 Å². The molecule has 0 aliphatic heterocycles. The molecule has 1 aliphatic carbocycles. The van der Waals surface area contributed by atoms with Gasteiger partial charge in [-0.25, -0.2) is 9.78 Å². The molecule has 6 nitrogen and oxygen atoms in total. The second-order valence-corrected chi connectivity index (χ2v) is 6.85. The van der Waals surface area contributed by atoms with Crippen LogP contribution in [0.5, 0.6) is 0 Å². The van der Waals surface area contributed by atoms with E-state index in [9.17, 15) is 9.59 Å². The number of nitrogens with zero attached hydrogens (tertiary/aromatic N) is 1. The van der Waals surface area contributed by atoms with Crippen molar-refractivity contribution in [3.63, 3.8) is 0 Å². The fourth-order valence-electron chi connectivity index (χ4n) is 2.86. The summed E-state index contributed by atoms with van der Waals surface area (Å²) in [6, 6.07) is 10.0. The van der Waals surface area contributed by atoms with Crippen LogP contribution in [0.3, 0.4) is 0 Å². The number of carbonyl (C=O) groups is 2. The number of urea groups is 1. The van der Waals surface area contributed by atoms with Crippen molar-refractivity contribution in [3.8, 4) is 0 Å². The highest BCUT2D eigenvalue weighted by Gasteiger charge is 2.24. The number of nitrogens with one attached hydrogen (secondary N) is 2. The summed E-state index contributed by atoms with van der Waals surface area (Å²) in [7, 11) is 0. The van der Waals surface area contributed by atoms with Gasteiger partial charge in [-0.15, -0.1) is 11.3 Å². The Hall–Kier alpha value is -2.41. The van der Waals surface area contributed by atoms with Crippen LogP contribution in [0.2, 0.25) is 0 Å². The number of hydrogen-bond donors (Lipinski definition) is 3. The van der Waals surface area contributed by atoms with E-state index in [1.54, 1.807) is 0 Å². The van der Waals surface area contributed by atoms with Gasteiger partial charge in [0.2, 0.25) is 0 Å². The van der Waals surface area contributed by atoms with E-state index >= 15 is 0 Å². The van der Waals surface area contributed by atoms with Gasteiger partial charge >= 0.3 is 12.0 Å². The second kappa shape index (κ2) is 7.44. The zero-order chi connectivity index (χ0) is 16.9. The van der Waals surface area contributed by atoms with Crippen molar-refractivity contribution in [1.29, 1.82) is 0 Å². The van der Waals surface area contributed by atoms with Gasteiger partial charge in [0, 0.05) is 11.4 Å². The standard InChI is InChI=1S/C17H19N3O3S/c21-15(22)8-9-18-16(23)20-17-19-13-7-6-12(10-14(13)24-17)11-4-2-1-3-5-11/h1-5,12H,6-10H2,(H,21,22)(H2,18,19,20,23). The molecule has 1 unspecified atom stereocenters. The average Bonchev–Trinajstić information content (AvgIpc) is 2.96. The van der Waals surface area contributed by atoms with E-state index in [1.165, 1.54) is 21.8 Å². The zero-order valence-corrected chi connectivity index (χ0v) is 13.9. The van der Waals surface area contributed by atoms with Gasteiger partial charge in [-0.05, 0) is 30.7 Å². The van der Waals surface area contributed by atoms with E-state index in [4.69, 9.17) is 5.11 Å². The number of carbonyl (C=O) groups excluding carboxylic acids is 1. The first-order valence-corrected chi connectivity index (χ1v) is 8.73. The summed E-state index contributed by atoms with van der Waals surface area (Å²) in [5.41, 5.74) is 2.41. The molecule has 1 aromatic heterocycles. The van der Waals surface area contributed by atoms with Gasteiger partial charge in [0.25, 0.3) is 0 Å². The summed E-state index contributed by atoms with van der Waals surface area (Å²) in [4.78, 5) is 27.9. The van der Waals surface area contributed by atoms with Crippen molar-refractivity contribution in [2.75, 3.05) is 11.9 Å². The van der Waals surface area contributed by atoms with Crippen molar-refractivity contribution < 1.29 is 14.7 Å². The molecule has 1 atom stereocenters. The lowest BCUT2D eigenvalue weighted by atomic mass is 9.85. The second-order valence-electron chi connectivity index (χ2n) is 5.76. The van der Waals surface area contributed by atoms with Gasteiger partial charge < -0.3 is 10.4 Å².